The minimum absolute atomic E-state index is 0.205. The van der Waals surface area contributed by atoms with Crippen molar-refractivity contribution in [2.24, 2.45) is 5.92 Å². The predicted octanol–water partition coefficient (Wildman–Crippen LogP) is 1.35. The van der Waals surface area contributed by atoms with Crippen molar-refractivity contribution in [3.63, 3.8) is 0 Å². The molecule has 2 atom stereocenters. The van der Waals surface area contributed by atoms with Crippen molar-refractivity contribution in [2.75, 3.05) is 20.1 Å². The van der Waals surface area contributed by atoms with Gasteiger partial charge in [-0.05, 0) is 19.9 Å². The van der Waals surface area contributed by atoms with Gasteiger partial charge in [-0.1, -0.05) is 20.3 Å². The van der Waals surface area contributed by atoms with E-state index in [0.717, 1.165) is 19.0 Å². The standard InChI is InChI=1S/C9H21NO/c1-5-8(2)6-10(4)7-9(3)11/h8-9,11H,5-7H2,1-4H3. The highest BCUT2D eigenvalue weighted by atomic mass is 16.3. The first-order valence-corrected chi connectivity index (χ1v) is 4.42. The Hall–Kier alpha value is -0.0800. The molecule has 0 aromatic rings. The Bertz CT molecular complexity index is 93.6. The molecule has 0 spiro atoms. The fraction of sp³-hybridized carbons (Fsp3) is 1.00. The highest BCUT2D eigenvalue weighted by Gasteiger charge is 2.05. The summed E-state index contributed by atoms with van der Waals surface area (Å²) in [4.78, 5) is 2.18. The van der Waals surface area contributed by atoms with Crippen LogP contribution in [0.2, 0.25) is 0 Å². The molecule has 68 valence electrons. The number of nitrogens with zero attached hydrogens (tertiary/aromatic N) is 1. The number of aliphatic hydroxyl groups is 1. The van der Waals surface area contributed by atoms with E-state index in [9.17, 15) is 0 Å². The molecule has 0 heterocycles. The molecule has 0 aliphatic heterocycles. The lowest BCUT2D eigenvalue weighted by molar-refractivity contribution is 0.133. The van der Waals surface area contributed by atoms with E-state index >= 15 is 0 Å². The molecule has 0 aromatic carbocycles. The van der Waals surface area contributed by atoms with Crippen LogP contribution in [-0.2, 0) is 0 Å². The Morgan fingerprint density at radius 2 is 1.82 bits per heavy atom. The van der Waals surface area contributed by atoms with Crippen LogP contribution in [0, 0.1) is 5.92 Å². The first-order chi connectivity index (χ1) is 5.06. The van der Waals surface area contributed by atoms with Gasteiger partial charge >= 0.3 is 0 Å². The van der Waals surface area contributed by atoms with Gasteiger partial charge in [-0.2, -0.15) is 0 Å². The second-order valence-corrected chi connectivity index (χ2v) is 3.58. The molecule has 2 heteroatoms. The Kier molecular flexibility index (Phi) is 5.51. The van der Waals surface area contributed by atoms with E-state index in [1.165, 1.54) is 6.42 Å². The topological polar surface area (TPSA) is 23.5 Å². The van der Waals surface area contributed by atoms with Gasteiger partial charge in [-0.25, -0.2) is 0 Å². The fourth-order valence-corrected chi connectivity index (χ4v) is 1.19. The number of hydrogen-bond donors (Lipinski definition) is 1. The van der Waals surface area contributed by atoms with Gasteiger partial charge in [0, 0.05) is 13.1 Å². The molecular formula is C9H21NO. The largest absolute Gasteiger partial charge is 0.392 e. The molecule has 0 aromatic heterocycles. The zero-order valence-electron chi connectivity index (χ0n) is 8.17. The van der Waals surface area contributed by atoms with E-state index in [4.69, 9.17) is 5.11 Å². The maximum atomic E-state index is 9.07. The summed E-state index contributed by atoms with van der Waals surface area (Å²) < 4.78 is 0. The van der Waals surface area contributed by atoms with Gasteiger partial charge in [-0.3, -0.25) is 0 Å². The van der Waals surface area contributed by atoms with E-state index in [1.54, 1.807) is 0 Å². The van der Waals surface area contributed by atoms with Crippen LogP contribution in [0.15, 0.2) is 0 Å². The summed E-state index contributed by atoms with van der Waals surface area (Å²) in [6.07, 6.45) is 1.01. The van der Waals surface area contributed by atoms with E-state index in [1.807, 2.05) is 6.92 Å². The molecule has 0 amide bonds. The average Bonchev–Trinajstić information content (AvgIpc) is 1.85. The maximum absolute atomic E-state index is 9.07. The minimum atomic E-state index is -0.205. The van der Waals surface area contributed by atoms with E-state index in [0.29, 0.717) is 0 Å². The van der Waals surface area contributed by atoms with Crippen molar-refractivity contribution in [3.05, 3.63) is 0 Å². The zero-order valence-corrected chi connectivity index (χ0v) is 8.17. The van der Waals surface area contributed by atoms with Gasteiger partial charge < -0.3 is 10.0 Å². The molecule has 0 saturated heterocycles. The van der Waals surface area contributed by atoms with Crippen molar-refractivity contribution in [3.8, 4) is 0 Å². The van der Waals surface area contributed by atoms with Gasteiger partial charge in [-0.15, -0.1) is 0 Å². The van der Waals surface area contributed by atoms with Crippen LogP contribution in [0.5, 0.6) is 0 Å². The molecule has 0 fully saturated rings. The molecule has 0 aliphatic rings. The predicted molar refractivity (Wildman–Crippen MR) is 48.6 cm³/mol. The second-order valence-electron chi connectivity index (χ2n) is 3.58. The highest BCUT2D eigenvalue weighted by molar-refractivity contribution is 4.59. The average molecular weight is 159 g/mol. The first-order valence-electron chi connectivity index (χ1n) is 4.42. The van der Waals surface area contributed by atoms with E-state index < -0.39 is 0 Å². The maximum Gasteiger partial charge on any atom is 0.0638 e. The highest BCUT2D eigenvalue weighted by Crippen LogP contribution is 2.02. The SMILES string of the molecule is CCC(C)CN(C)CC(C)O. The van der Waals surface area contributed by atoms with Gasteiger partial charge in [0.25, 0.3) is 0 Å². The molecule has 0 radical (unpaired) electrons. The number of hydrogen-bond acceptors (Lipinski definition) is 2. The van der Waals surface area contributed by atoms with Crippen LogP contribution in [-0.4, -0.2) is 36.2 Å². The molecule has 2 nitrogen and oxygen atoms in total. The first kappa shape index (κ1) is 10.9. The Labute approximate surface area is 70.2 Å². The van der Waals surface area contributed by atoms with Crippen molar-refractivity contribution >= 4 is 0 Å². The summed E-state index contributed by atoms with van der Waals surface area (Å²) in [5.74, 6) is 0.735. The van der Waals surface area contributed by atoms with Crippen LogP contribution in [0.1, 0.15) is 27.2 Å². The molecule has 2 unspecified atom stereocenters. The van der Waals surface area contributed by atoms with Crippen molar-refractivity contribution in [2.45, 2.75) is 33.3 Å². The minimum Gasteiger partial charge on any atom is -0.392 e. The van der Waals surface area contributed by atoms with Crippen LogP contribution in [0.25, 0.3) is 0 Å². The lowest BCUT2D eigenvalue weighted by Gasteiger charge is -2.21. The molecule has 0 saturated carbocycles. The summed E-state index contributed by atoms with van der Waals surface area (Å²) in [5, 5.41) is 9.07. The van der Waals surface area contributed by atoms with Crippen LogP contribution >= 0.6 is 0 Å². The molecular weight excluding hydrogens is 138 g/mol. The summed E-state index contributed by atoms with van der Waals surface area (Å²) in [6.45, 7) is 8.12. The zero-order chi connectivity index (χ0) is 8.85. The number of rotatable bonds is 5. The molecule has 0 rings (SSSR count). The normalized spacial score (nSPS) is 16.9. The number of aliphatic hydroxyl groups excluding tert-OH is 1. The van der Waals surface area contributed by atoms with Crippen LogP contribution in [0.3, 0.4) is 0 Å². The fourth-order valence-electron chi connectivity index (χ4n) is 1.19. The summed E-state index contributed by atoms with van der Waals surface area (Å²) in [6, 6.07) is 0. The number of likely N-dealkylation sites (N-methyl/N-ethyl adjacent to an activating group) is 1. The third-order valence-corrected chi connectivity index (χ3v) is 1.90. The van der Waals surface area contributed by atoms with Crippen LogP contribution in [0.4, 0.5) is 0 Å². The summed E-state index contributed by atoms with van der Waals surface area (Å²) >= 11 is 0. The lowest BCUT2D eigenvalue weighted by Crippen LogP contribution is -2.30. The molecule has 1 N–H and O–H groups in total. The van der Waals surface area contributed by atoms with Gasteiger partial charge in [0.15, 0.2) is 0 Å². The van der Waals surface area contributed by atoms with Gasteiger partial charge in [0.1, 0.15) is 0 Å². The molecule has 11 heavy (non-hydrogen) atoms. The second kappa shape index (κ2) is 5.56. The molecule has 0 aliphatic carbocycles. The quantitative estimate of drug-likeness (QED) is 0.654. The van der Waals surface area contributed by atoms with Crippen molar-refractivity contribution in [1.82, 2.24) is 4.90 Å². The Morgan fingerprint density at radius 1 is 1.27 bits per heavy atom. The smallest absolute Gasteiger partial charge is 0.0638 e. The Morgan fingerprint density at radius 3 is 2.18 bits per heavy atom. The summed E-state index contributed by atoms with van der Waals surface area (Å²) in [5.41, 5.74) is 0. The van der Waals surface area contributed by atoms with Crippen LogP contribution < -0.4 is 0 Å². The lowest BCUT2D eigenvalue weighted by atomic mass is 10.1. The van der Waals surface area contributed by atoms with Crippen molar-refractivity contribution < 1.29 is 5.11 Å². The summed E-state index contributed by atoms with van der Waals surface area (Å²) in [7, 11) is 2.05. The van der Waals surface area contributed by atoms with E-state index in [2.05, 4.69) is 25.8 Å². The van der Waals surface area contributed by atoms with Gasteiger partial charge in [0.05, 0.1) is 6.10 Å². The van der Waals surface area contributed by atoms with Crippen molar-refractivity contribution in [1.29, 1.82) is 0 Å². The van der Waals surface area contributed by atoms with Gasteiger partial charge in [0.2, 0.25) is 0 Å². The third-order valence-electron chi connectivity index (χ3n) is 1.90. The van der Waals surface area contributed by atoms with E-state index in [-0.39, 0.29) is 6.10 Å². The monoisotopic (exact) mass is 159 g/mol. The third kappa shape index (κ3) is 6.32. The molecule has 0 bridgehead atoms. The Balaban J connectivity index is 3.43.